The zero-order chi connectivity index (χ0) is 18.9. The lowest BCUT2D eigenvalue weighted by molar-refractivity contribution is -0.147. The number of ether oxygens (including phenoxy) is 1. The molecule has 8 nitrogen and oxygen atoms in total. The Labute approximate surface area is 148 Å². The van der Waals surface area contributed by atoms with Crippen LogP contribution in [-0.2, 0) is 22.5 Å². The van der Waals surface area contributed by atoms with E-state index in [1.54, 1.807) is 20.8 Å². The molecule has 0 radical (unpaired) electrons. The van der Waals surface area contributed by atoms with E-state index in [9.17, 15) is 19.5 Å². The summed E-state index contributed by atoms with van der Waals surface area (Å²) in [6, 6.07) is 0. The second-order valence-corrected chi connectivity index (χ2v) is 7.45. The van der Waals surface area contributed by atoms with Gasteiger partial charge in [0, 0.05) is 20.1 Å². The summed E-state index contributed by atoms with van der Waals surface area (Å²) in [4.78, 5) is 41.2. The average Bonchev–Trinajstić information content (AvgIpc) is 2.85. The van der Waals surface area contributed by atoms with Gasteiger partial charge in [0.2, 0.25) is 0 Å². The molecule has 0 unspecified atom stereocenters. The minimum atomic E-state index is -1.16. The van der Waals surface area contributed by atoms with Gasteiger partial charge in [-0.1, -0.05) is 0 Å². The molecule has 2 aromatic rings. The number of fused-ring (bicyclic) bond motifs is 1. The minimum Gasteiger partial charge on any atom is -0.481 e. The van der Waals surface area contributed by atoms with Crippen molar-refractivity contribution in [2.75, 3.05) is 13.7 Å². The lowest BCUT2D eigenvalue weighted by Gasteiger charge is -2.22. The van der Waals surface area contributed by atoms with Crippen molar-refractivity contribution in [3.63, 3.8) is 0 Å². The maximum atomic E-state index is 13.0. The first-order chi connectivity index (χ1) is 11.6. The highest BCUT2D eigenvalue weighted by Gasteiger charge is 2.30. The lowest BCUT2D eigenvalue weighted by atomic mass is 9.93. The Morgan fingerprint density at radius 3 is 2.56 bits per heavy atom. The van der Waals surface area contributed by atoms with Gasteiger partial charge in [-0.2, -0.15) is 0 Å². The van der Waals surface area contributed by atoms with Crippen molar-refractivity contribution in [1.82, 2.24) is 9.55 Å². The van der Waals surface area contributed by atoms with E-state index in [4.69, 9.17) is 10.5 Å². The van der Waals surface area contributed by atoms with Crippen LogP contribution in [0.25, 0.3) is 10.2 Å². The Morgan fingerprint density at radius 1 is 1.40 bits per heavy atom. The van der Waals surface area contributed by atoms with Crippen molar-refractivity contribution in [1.29, 1.82) is 0 Å². The van der Waals surface area contributed by atoms with Crippen molar-refractivity contribution < 1.29 is 19.4 Å². The molecule has 0 aliphatic heterocycles. The number of rotatable bonds is 7. The Balaban J connectivity index is 2.74. The van der Waals surface area contributed by atoms with Gasteiger partial charge in [-0.3, -0.25) is 19.0 Å². The number of carboxylic acids is 1. The first-order valence-electron chi connectivity index (χ1n) is 7.65. The number of aryl methyl sites for hydroxylation is 1. The number of carboxylic acid groups (broad SMARTS) is 1. The lowest BCUT2D eigenvalue weighted by Crippen LogP contribution is -2.36. The largest absolute Gasteiger partial charge is 0.481 e. The summed E-state index contributed by atoms with van der Waals surface area (Å²) in [5.74, 6) is -1.21. The molecule has 0 aromatic carbocycles. The summed E-state index contributed by atoms with van der Waals surface area (Å²) in [5, 5.41) is 9.69. The van der Waals surface area contributed by atoms with Crippen LogP contribution >= 0.6 is 11.3 Å². The molecule has 2 heterocycles. The molecule has 9 heteroatoms. The molecule has 0 fully saturated rings. The van der Waals surface area contributed by atoms with E-state index >= 15 is 0 Å². The number of thiophene rings is 1. The third kappa shape index (κ3) is 3.57. The number of aromatic nitrogens is 2. The molecule has 3 N–H and O–H groups in total. The number of nitrogens with two attached hydrogens (primary N) is 1. The van der Waals surface area contributed by atoms with Crippen LogP contribution in [0.3, 0.4) is 0 Å². The van der Waals surface area contributed by atoms with E-state index in [1.807, 2.05) is 0 Å². The summed E-state index contributed by atoms with van der Waals surface area (Å²) in [6.07, 6.45) is 0.347. The highest BCUT2D eigenvalue weighted by molar-refractivity contribution is 7.20. The van der Waals surface area contributed by atoms with Crippen molar-refractivity contribution >= 4 is 33.4 Å². The monoisotopic (exact) mass is 367 g/mol. The standard InChI is InChI=1S/C16H21N3O5S/c1-8-10-13(25-11(8)12(17)20)18-9(5-6-24-4)19(14(10)21)7-16(2,3)15(22)23/h5-7H2,1-4H3,(H2,17,20)(H,22,23). The second-order valence-electron chi connectivity index (χ2n) is 6.45. The number of nitrogens with zero attached hydrogens (tertiary/aromatic N) is 2. The predicted molar refractivity (Wildman–Crippen MR) is 94.1 cm³/mol. The fourth-order valence-corrected chi connectivity index (χ4v) is 3.55. The van der Waals surface area contributed by atoms with Gasteiger partial charge < -0.3 is 15.6 Å². The third-order valence-corrected chi connectivity index (χ3v) is 5.22. The van der Waals surface area contributed by atoms with Crippen LogP contribution in [-0.4, -0.2) is 40.3 Å². The number of carbonyl (C=O) groups is 2. The van der Waals surface area contributed by atoms with Crippen LogP contribution in [0.5, 0.6) is 0 Å². The number of hydrogen-bond donors (Lipinski definition) is 2. The van der Waals surface area contributed by atoms with Crippen LogP contribution in [0.15, 0.2) is 4.79 Å². The Hall–Kier alpha value is -2.26. The molecule has 0 aliphatic rings. The van der Waals surface area contributed by atoms with Crippen molar-refractivity contribution in [3.05, 3.63) is 26.6 Å². The van der Waals surface area contributed by atoms with Crippen LogP contribution in [0.2, 0.25) is 0 Å². The molecular weight excluding hydrogens is 346 g/mol. The molecule has 0 saturated carbocycles. The summed E-state index contributed by atoms with van der Waals surface area (Å²) >= 11 is 1.07. The number of methoxy groups -OCH3 is 1. The van der Waals surface area contributed by atoms with Gasteiger partial charge in [0.15, 0.2) is 0 Å². The highest BCUT2D eigenvalue weighted by atomic mass is 32.1. The van der Waals surface area contributed by atoms with Crippen molar-refractivity contribution in [2.45, 2.75) is 33.7 Å². The number of carbonyl (C=O) groups excluding carboxylic acids is 1. The van der Waals surface area contributed by atoms with Crippen LogP contribution in [0.1, 0.15) is 34.9 Å². The smallest absolute Gasteiger partial charge is 0.310 e. The van der Waals surface area contributed by atoms with Crippen molar-refractivity contribution in [3.8, 4) is 0 Å². The van der Waals surface area contributed by atoms with Crippen molar-refractivity contribution in [2.24, 2.45) is 11.1 Å². The number of hydrogen-bond acceptors (Lipinski definition) is 6. The normalized spacial score (nSPS) is 11.8. The minimum absolute atomic E-state index is 0.0374. The van der Waals surface area contributed by atoms with Gasteiger partial charge in [-0.25, -0.2) is 4.98 Å². The Morgan fingerprint density at radius 2 is 2.04 bits per heavy atom. The van der Waals surface area contributed by atoms with Gasteiger partial charge in [0.1, 0.15) is 10.7 Å². The molecule has 1 amide bonds. The molecule has 0 atom stereocenters. The van der Waals surface area contributed by atoms with Gasteiger partial charge in [-0.15, -0.1) is 11.3 Å². The average molecular weight is 367 g/mol. The molecule has 0 spiro atoms. The topological polar surface area (TPSA) is 125 Å². The number of primary amides is 1. The third-order valence-electron chi connectivity index (χ3n) is 4.02. The second kappa shape index (κ2) is 6.93. The zero-order valence-electron chi connectivity index (χ0n) is 14.6. The quantitative estimate of drug-likeness (QED) is 0.757. The van der Waals surface area contributed by atoms with Gasteiger partial charge in [-0.05, 0) is 26.3 Å². The summed E-state index contributed by atoms with van der Waals surface area (Å²) in [7, 11) is 1.53. The molecule has 2 rings (SSSR count). The van der Waals surface area contributed by atoms with Crippen LogP contribution < -0.4 is 11.3 Å². The molecule has 25 heavy (non-hydrogen) atoms. The fourth-order valence-electron chi connectivity index (χ4n) is 2.50. The first kappa shape index (κ1) is 19.1. The SMILES string of the molecule is COCCc1nc2sc(C(N)=O)c(C)c2c(=O)n1CC(C)(C)C(=O)O. The molecule has 0 aliphatic carbocycles. The van der Waals surface area contributed by atoms with Gasteiger partial charge in [0.25, 0.3) is 11.5 Å². The molecule has 136 valence electrons. The van der Waals surface area contributed by atoms with E-state index in [2.05, 4.69) is 4.98 Å². The zero-order valence-corrected chi connectivity index (χ0v) is 15.4. The number of aliphatic carboxylic acids is 1. The van der Waals surface area contributed by atoms with E-state index in [0.717, 1.165) is 11.3 Å². The Bertz CT molecular complexity index is 897. The molecule has 0 saturated heterocycles. The molecule has 0 bridgehead atoms. The highest BCUT2D eigenvalue weighted by Crippen LogP contribution is 2.28. The van der Waals surface area contributed by atoms with E-state index < -0.39 is 17.3 Å². The number of amides is 1. The fraction of sp³-hybridized carbons (Fsp3) is 0.500. The summed E-state index contributed by atoms with van der Waals surface area (Å²) in [6.45, 7) is 5.02. The molecular formula is C16H21N3O5S. The molecule has 2 aromatic heterocycles. The summed E-state index contributed by atoms with van der Waals surface area (Å²) in [5.41, 5.74) is 4.32. The van der Waals surface area contributed by atoms with E-state index in [-0.39, 0.29) is 17.0 Å². The van der Waals surface area contributed by atoms with E-state index in [0.29, 0.717) is 34.6 Å². The maximum Gasteiger partial charge on any atom is 0.310 e. The predicted octanol–water partition coefficient (Wildman–Crippen LogP) is 1.17. The maximum absolute atomic E-state index is 13.0. The summed E-state index contributed by atoms with van der Waals surface area (Å²) < 4.78 is 6.42. The first-order valence-corrected chi connectivity index (χ1v) is 8.46. The van der Waals surface area contributed by atoms with E-state index in [1.165, 1.54) is 11.7 Å². The van der Waals surface area contributed by atoms with Gasteiger partial charge >= 0.3 is 5.97 Å². The van der Waals surface area contributed by atoms with Gasteiger partial charge in [0.05, 0.1) is 22.3 Å². The Kier molecular flexibility index (Phi) is 5.28. The van der Waals surface area contributed by atoms with Crippen LogP contribution in [0.4, 0.5) is 0 Å². The van der Waals surface area contributed by atoms with Crippen LogP contribution in [0, 0.1) is 12.3 Å².